The van der Waals surface area contributed by atoms with Crippen LogP contribution in [-0.4, -0.2) is 25.8 Å². The molecule has 2 N–H and O–H groups in total. The van der Waals surface area contributed by atoms with Gasteiger partial charge in [0.05, 0.1) is 12.0 Å². The SMILES string of the molecule is C=CC(=O)Nc1cccc(-c2ncnc3nc[nH]c23)c1. The molecule has 0 saturated heterocycles. The number of hydrogen-bond donors (Lipinski definition) is 2. The van der Waals surface area contributed by atoms with Crippen LogP contribution in [0.3, 0.4) is 0 Å². The number of H-pyrrole nitrogens is 1. The van der Waals surface area contributed by atoms with Crippen LogP contribution < -0.4 is 5.32 Å². The third-order valence-electron chi connectivity index (χ3n) is 2.81. The fraction of sp³-hybridized carbons (Fsp3) is 0. The minimum Gasteiger partial charge on any atom is -0.341 e. The predicted molar refractivity (Wildman–Crippen MR) is 75.9 cm³/mol. The van der Waals surface area contributed by atoms with Crippen molar-refractivity contribution in [3.8, 4) is 11.3 Å². The van der Waals surface area contributed by atoms with Crippen molar-refractivity contribution >= 4 is 22.8 Å². The second kappa shape index (κ2) is 4.93. The average molecular weight is 265 g/mol. The summed E-state index contributed by atoms with van der Waals surface area (Å²) in [7, 11) is 0. The zero-order chi connectivity index (χ0) is 13.9. The summed E-state index contributed by atoms with van der Waals surface area (Å²) in [6.07, 6.45) is 4.27. The van der Waals surface area contributed by atoms with Crippen molar-refractivity contribution in [1.29, 1.82) is 0 Å². The Labute approximate surface area is 114 Å². The van der Waals surface area contributed by atoms with Gasteiger partial charge in [0.2, 0.25) is 5.91 Å². The van der Waals surface area contributed by atoms with Crippen LogP contribution in [0, 0.1) is 0 Å². The number of carbonyl (C=O) groups is 1. The first kappa shape index (κ1) is 12.0. The zero-order valence-corrected chi connectivity index (χ0v) is 10.5. The summed E-state index contributed by atoms with van der Waals surface area (Å²) in [5.41, 5.74) is 3.65. The van der Waals surface area contributed by atoms with Crippen molar-refractivity contribution in [2.75, 3.05) is 5.32 Å². The van der Waals surface area contributed by atoms with E-state index in [0.717, 1.165) is 16.8 Å². The van der Waals surface area contributed by atoms with Crippen molar-refractivity contribution in [3.63, 3.8) is 0 Å². The van der Waals surface area contributed by atoms with Crippen molar-refractivity contribution in [3.05, 3.63) is 49.6 Å². The molecule has 0 unspecified atom stereocenters. The molecule has 2 heterocycles. The first-order valence-corrected chi connectivity index (χ1v) is 5.96. The van der Waals surface area contributed by atoms with Gasteiger partial charge in [-0.3, -0.25) is 4.79 Å². The van der Waals surface area contributed by atoms with Crippen LogP contribution in [-0.2, 0) is 4.79 Å². The van der Waals surface area contributed by atoms with Gasteiger partial charge in [0.15, 0.2) is 5.65 Å². The number of rotatable bonds is 3. The predicted octanol–water partition coefficient (Wildman–Crippen LogP) is 2.14. The second-order valence-corrected chi connectivity index (χ2v) is 4.10. The molecule has 2 aromatic heterocycles. The third-order valence-corrected chi connectivity index (χ3v) is 2.81. The summed E-state index contributed by atoms with van der Waals surface area (Å²) >= 11 is 0. The Kier molecular flexibility index (Phi) is 2.96. The van der Waals surface area contributed by atoms with Crippen LogP contribution in [0.5, 0.6) is 0 Å². The van der Waals surface area contributed by atoms with E-state index in [1.807, 2.05) is 18.2 Å². The van der Waals surface area contributed by atoms with E-state index >= 15 is 0 Å². The van der Waals surface area contributed by atoms with E-state index in [4.69, 9.17) is 0 Å². The fourth-order valence-corrected chi connectivity index (χ4v) is 1.92. The van der Waals surface area contributed by atoms with Gasteiger partial charge in [-0.1, -0.05) is 18.7 Å². The van der Waals surface area contributed by atoms with Crippen LogP contribution in [0.4, 0.5) is 5.69 Å². The number of fused-ring (bicyclic) bond motifs is 1. The molecule has 0 radical (unpaired) electrons. The highest BCUT2D eigenvalue weighted by Gasteiger charge is 2.09. The molecule has 0 bridgehead atoms. The average Bonchev–Trinajstić information content (AvgIpc) is 2.95. The molecular formula is C14H11N5O. The number of amides is 1. The van der Waals surface area contributed by atoms with Crippen LogP contribution in [0.25, 0.3) is 22.4 Å². The molecule has 0 aliphatic rings. The van der Waals surface area contributed by atoms with Gasteiger partial charge in [0, 0.05) is 11.3 Å². The number of benzene rings is 1. The fourth-order valence-electron chi connectivity index (χ4n) is 1.92. The minimum absolute atomic E-state index is 0.253. The molecule has 1 aromatic carbocycles. The molecule has 6 heteroatoms. The van der Waals surface area contributed by atoms with E-state index in [1.54, 1.807) is 12.4 Å². The Hall–Kier alpha value is -3.02. The number of carbonyl (C=O) groups excluding carboxylic acids is 1. The molecule has 0 saturated carbocycles. The summed E-state index contributed by atoms with van der Waals surface area (Å²) in [5, 5.41) is 2.72. The summed E-state index contributed by atoms with van der Waals surface area (Å²) in [6.45, 7) is 3.43. The largest absolute Gasteiger partial charge is 0.341 e. The molecule has 0 aliphatic heterocycles. The van der Waals surface area contributed by atoms with Gasteiger partial charge in [-0.05, 0) is 18.2 Å². The lowest BCUT2D eigenvalue weighted by Gasteiger charge is -2.06. The maximum Gasteiger partial charge on any atom is 0.247 e. The molecule has 0 fully saturated rings. The maximum atomic E-state index is 11.3. The van der Waals surface area contributed by atoms with Gasteiger partial charge in [-0.25, -0.2) is 15.0 Å². The van der Waals surface area contributed by atoms with Gasteiger partial charge in [-0.2, -0.15) is 0 Å². The second-order valence-electron chi connectivity index (χ2n) is 4.10. The van der Waals surface area contributed by atoms with Crippen molar-refractivity contribution in [2.24, 2.45) is 0 Å². The summed E-state index contributed by atoms with van der Waals surface area (Å²) in [6, 6.07) is 7.39. The number of imidazole rings is 1. The molecular weight excluding hydrogens is 254 g/mol. The Morgan fingerprint density at radius 1 is 1.30 bits per heavy atom. The van der Waals surface area contributed by atoms with E-state index in [0.29, 0.717) is 11.3 Å². The highest BCUT2D eigenvalue weighted by Crippen LogP contribution is 2.25. The maximum absolute atomic E-state index is 11.3. The van der Waals surface area contributed by atoms with Gasteiger partial charge >= 0.3 is 0 Å². The van der Waals surface area contributed by atoms with Gasteiger partial charge in [0.25, 0.3) is 0 Å². The van der Waals surface area contributed by atoms with Crippen LogP contribution in [0.2, 0.25) is 0 Å². The van der Waals surface area contributed by atoms with E-state index in [2.05, 4.69) is 31.8 Å². The lowest BCUT2D eigenvalue weighted by Crippen LogP contribution is -2.07. The lowest BCUT2D eigenvalue weighted by atomic mass is 10.1. The normalized spacial score (nSPS) is 10.4. The molecule has 0 spiro atoms. The number of hydrogen-bond acceptors (Lipinski definition) is 4. The monoisotopic (exact) mass is 265 g/mol. The molecule has 6 nitrogen and oxygen atoms in total. The van der Waals surface area contributed by atoms with Gasteiger partial charge in [0.1, 0.15) is 11.8 Å². The van der Waals surface area contributed by atoms with Crippen LogP contribution in [0.1, 0.15) is 0 Å². The van der Waals surface area contributed by atoms with Crippen molar-refractivity contribution < 1.29 is 4.79 Å². The van der Waals surface area contributed by atoms with Gasteiger partial charge < -0.3 is 10.3 Å². The lowest BCUT2D eigenvalue weighted by molar-refractivity contribution is -0.111. The zero-order valence-electron chi connectivity index (χ0n) is 10.5. The Morgan fingerprint density at radius 2 is 2.20 bits per heavy atom. The van der Waals surface area contributed by atoms with E-state index in [-0.39, 0.29) is 5.91 Å². The number of aromatic nitrogens is 4. The van der Waals surface area contributed by atoms with Crippen molar-refractivity contribution in [1.82, 2.24) is 19.9 Å². The standard InChI is InChI=1S/C14H11N5O/c1-2-11(20)19-10-5-3-4-9(6-10)12-13-14(17-7-15-12)18-8-16-13/h2-8H,1H2,(H,19,20)(H,15,16,17,18). The highest BCUT2D eigenvalue weighted by molar-refractivity contribution is 5.99. The summed E-state index contributed by atoms with van der Waals surface area (Å²) in [4.78, 5) is 26.8. The summed E-state index contributed by atoms with van der Waals surface area (Å²) < 4.78 is 0. The number of anilines is 1. The number of nitrogens with one attached hydrogen (secondary N) is 2. The van der Waals surface area contributed by atoms with E-state index in [9.17, 15) is 4.79 Å². The highest BCUT2D eigenvalue weighted by atomic mass is 16.1. The van der Waals surface area contributed by atoms with Crippen LogP contribution in [0.15, 0.2) is 49.6 Å². The molecule has 20 heavy (non-hydrogen) atoms. The molecule has 0 atom stereocenters. The molecule has 3 aromatic rings. The van der Waals surface area contributed by atoms with E-state index < -0.39 is 0 Å². The number of aromatic amines is 1. The number of nitrogens with zero attached hydrogens (tertiary/aromatic N) is 3. The summed E-state index contributed by atoms with van der Waals surface area (Å²) in [5.74, 6) is -0.253. The minimum atomic E-state index is -0.253. The third kappa shape index (κ3) is 2.14. The quantitative estimate of drug-likeness (QED) is 0.711. The Balaban J connectivity index is 2.06. The first-order valence-electron chi connectivity index (χ1n) is 5.96. The molecule has 1 amide bonds. The van der Waals surface area contributed by atoms with Crippen LogP contribution >= 0.6 is 0 Å². The Bertz CT molecular complexity index is 793. The van der Waals surface area contributed by atoms with Crippen molar-refractivity contribution in [2.45, 2.75) is 0 Å². The molecule has 0 aliphatic carbocycles. The van der Waals surface area contributed by atoms with E-state index in [1.165, 1.54) is 12.4 Å². The smallest absolute Gasteiger partial charge is 0.247 e. The van der Waals surface area contributed by atoms with Gasteiger partial charge in [-0.15, -0.1) is 0 Å². The molecule has 98 valence electrons. The topological polar surface area (TPSA) is 83.6 Å². The first-order chi connectivity index (χ1) is 9.78. The molecule has 3 rings (SSSR count). The Morgan fingerprint density at radius 3 is 3.05 bits per heavy atom.